The molecule has 108 valence electrons. The molecule has 2 N–H and O–H groups in total. The van der Waals surface area contributed by atoms with E-state index in [-0.39, 0.29) is 17.9 Å². The number of hydrogen-bond acceptors (Lipinski definition) is 6. The van der Waals surface area contributed by atoms with Gasteiger partial charge in [-0.1, -0.05) is 12.1 Å². The van der Waals surface area contributed by atoms with E-state index in [1.54, 1.807) is 19.1 Å². The predicted molar refractivity (Wildman–Crippen MR) is 68.2 cm³/mol. The van der Waals surface area contributed by atoms with Crippen molar-refractivity contribution in [2.75, 3.05) is 20.3 Å². The minimum atomic E-state index is -0.820. The van der Waals surface area contributed by atoms with Gasteiger partial charge < -0.3 is 19.9 Å². The van der Waals surface area contributed by atoms with Gasteiger partial charge in [0.2, 0.25) is 0 Å². The van der Waals surface area contributed by atoms with Crippen LogP contribution in [0.1, 0.15) is 15.9 Å². The van der Waals surface area contributed by atoms with Crippen LogP contribution in [0.15, 0.2) is 18.2 Å². The number of benzene rings is 1. The highest BCUT2D eigenvalue weighted by molar-refractivity contribution is 5.94. The molecule has 0 saturated heterocycles. The Kier molecular flexibility index (Phi) is 5.52. The Labute approximate surface area is 115 Å². The summed E-state index contributed by atoms with van der Waals surface area (Å²) in [5.41, 5.74) is 0.500. The van der Waals surface area contributed by atoms with Gasteiger partial charge in [-0.2, -0.15) is 0 Å². The maximum Gasteiger partial charge on any atom is 0.342 e. The molecule has 1 aromatic rings. The average Bonchev–Trinajstić information content (AvgIpc) is 2.44. The Bertz CT molecular complexity index is 526. The fraction of sp³-hybridized carbons (Fsp3) is 0.308. The van der Waals surface area contributed by atoms with E-state index < -0.39 is 24.5 Å². The molecule has 0 radical (unpaired) electrons. The first-order valence-corrected chi connectivity index (χ1v) is 5.75. The van der Waals surface area contributed by atoms with E-state index in [0.717, 1.165) is 0 Å². The van der Waals surface area contributed by atoms with Crippen LogP contribution in [0.2, 0.25) is 0 Å². The molecule has 0 atom stereocenters. The predicted octanol–water partition coefficient (Wildman–Crippen LogP) is 0.147. The zero-order chi connectivity index (χ0) is 15.1. The van der Waals surface area contributed by atoms with Crippen molar-refractivity contribution in [3.63, 3.8) is 0 Å². The third-order valence-corrected chi connectivity index (χ3v) is 2.45. The lowest BCUT2D eigenvalue weighted by molar-refractivity contribution is -0.141. The Morgan fingerprint density at radius 2 is 2.00 bits per heavy atom. The fourth-order valence-electron chi connectivity index (χ4n) is 1.33. The highest BCUT2D eigenvalue weighted by Gasteiger charge is 2.15. The van der Waals surface area contributed by atoms with E-state index in [2.05, 4.69) is 10.1 Å². The minimum Gasteiger partial charge on any atom is -0.507 e. The number of methoxy groups -OCH3 is 1. The van der Waals surface area contributed by atoms with Crippen molar-refractivity contribution in [2.24, 2.45) is 0 Å². The highest BCUT2D eigenvalue weighted by atomic mass is 16.5. The molecule has 0 aromatic heterocycles. The lowest BCUT2D eigenvalue weighted by atomic mass is 10.1. The number of phenols is 1. The molecule has 7 heteroatoms. The normalized spacial score (nSPS) is 9.70. The number of aromatic hydroxyl groups is 1. The molecule has 1 rings (SSSR count). The lowest BCUT2D eigenvalue weighted by Gasteiger charge is -2.08. The van der Waals surface area contributed by atoms with E-state index in [1.807, 2.05) is 0 Å². The molecule has 0 heterocycles. The quantitative estimate of drug-likeness (QED) is 0.745. The molecular weight excluding hydrogens is 266 g/mol. The molecule has 1 aromatic carbocycles. The Balaban J connectivity index is 2.49. The second-order valence-corrected chi connectivity index (χ2v) is 3.90. The second kappa shape index (κ2) is 7.13. The molecule has 0 aliphatic rings. The first-order chi connectivity index (χ1) is 9.45. The van der Waals surface area contributed by atoms with E-state index in [0.29, 0.717) is 5.56 Å². The van der Waals surface area contributed by atoms with Crippen LogP contribution in [-0.2, 0) is 19.1 Å². The summed E-state index contributed by atoms with van der Waals surface area (Å²) in [6, 6.07) is 4.61. The lowest BCUT2D eigenvalue weighted by Crippen LogP contribution is -2.33. The smallest absolute Gasteiger partial charge is 0.342 e. The SMILES string of the molecule is COC(=O)CNC(=O)COC(=O)c1cccc(C)c1O. The number of carbonyl (C=O) groups excluding carboxylic acids is 3. The van der Waals surface area contributed by atoms with Crippen LogP contribution in [-0.4, -0.2) is 43.2 Å². The summed E-state index contributed by atoms with van der Waals surface area (Å²) in [5.74, 6) is -2.26. The largest absolute Gasteiger partial charge is 0.507 e. The number of rotatable bonds is 5. The Hall–Kier alpha value is -2.57. The summed E-state index contributed by atoms with van der Waals surface area (Å²) in [7, 11) is 1.19. The van der Waals surface area contributed by atoms with Gasteiger partial charge in [-0.15, -0.1) is 0 Å². The van der Waals surface area contributed by atoms with Gasteiger partial charge >= 0.3 is 11.9 Å². The molecule has 1 amide bonds. The highest BCUT2D eigenvalue weighted by Crippen LogP contribution is 2.21. The van der Waals surface area contributed by atoms with Crippen LogP contribution >= 0.6 is 0 Å². The van der Waals surface area contributed by atoms with Crippen molar-refractivity contribution >= 4 is 17.8 Å². The van der Waals surface area contributed by atoms with Crippen LogP contribution in [0.3, 0.4) is 0 Å². The number of hydrogen-bond donors (Lipinski definition) is 2. The number of nitrogens with one attached hydrogen (secondary N) is 1. The Morgan fingerprint density at radius 3 is 2.65 bits per heavy atom. The zero-order valence-corrected chi connectivity index (χ0v) is 11.1. The third-order valence-electron chi connectivity index (χ3n) is 2.45. The van der Waals surface area contributed by atoms with Crippen LogP contribution in [0.25, 0.3) is 0 Å². The van der Waals surface area contributed by atoms with Crippen molar-refractivity contribution in [3.8, 4) is 5.75 Å². The molecule has 0 fully saturated rings. The fourth-order valence-corrected chi connectivity index (χ4v) is 1.33. The van der Waals surface area contributed by atoms with Crippen LogP contribution in [0.4, 0.5) is 0 Å². The van der Waals surface area contributed by atoms with Crippen molar-refractivity contribution < 1.29 is 29.0 Å². The summed E-state index contributed by atoms with van der Waals surface area (Å²) in [5, 5.41) is 11.9. The Morgan fingerprint density at radius 1 is 1.30 bits per heavy atom. The molecule has 0 aliphatic heterocycles. The maximum absolute atomic E-state index is 11.7. The average molecular weight is 281 g/mol. The number of ether oxygens (including phenoxy) is 2. The molecule has 0 unspecified atom stereocenters. The number of amides is 1. The summed E-state index contributed by atoms with van der Waals surface area (Å²) < 4.78 is 9.06. The zero-order valence-electron chi connectivity index (χ0n) is 11.1. The molecular formula is C13H15NO6. The van der Waals surface area contributed by atoms with Gasteiger partial charge in [0.15, 0.2) is 6.61 Å². The van der Waals surface area contributed by atoms with Crippen molar-refractivity contribution in [1.82, 2.24) is 5.32 Å². The number of carbonyl (C=O) groups is 3. The number of para-hydroxylation sites is 1. The molecule has 7 nitrogen and oxygen atoms in total. The van der Waals surface area contributed by atoms with Crippen LogP contribution < -0.4 is 5.32 Å². The van der Waals surface area contributed by atoms with E-state index in [4.69, 9.17) is 4.74 Å². The monoisotopic (exact) mass is 281 g/mol. The van der Waals surface area contributed by atoms with E-state index in [1.165, 1.54) is 13.2 Å². The molecule has 0 spiro atoms. The number of esters is 2. The van der Waals surface area contributed by atoms with Crippen LogP contribution in [0.5, 0.6) is 5.75 Å². The summed E-state index contributed by atoms with van der Waals surface area (Å²) >= 11 is 0. The standard InChI is InChI=1S/C13H15NO6/c1-8-4-3-5-9(12(8)17)13(18)20-7-10(15)14-6-11(16)19-2/h3-5,17H,6-7H2,1-2H3,(H,14,15). The van der Waals surface area contributed by atoms with Gasteiger partial charge in [0.1, 0.15) is 17.9 Å². The van der Waals surface area contributed by atoms with Crippen LogP contribution in [0, 0.1) is 6.92 Å². The number of aryl methyl sites for hydroxylation is 1. The van der Waals surface area contributed by atoms with Gasteiger partial charge in [0, 0.05) is 0 Å². The molecule has 0 bridgehead atoms. The minimum absolute atomic E-state index is 0.0224. The topological polar surface area (TPSA) is 102 Å². The summed E-state index contributed by atoms with van der Waals surface area (Å²) in [4.78, 5) is 33.7. The second-order valence-electron chi connectivity index (χ2n) is 3.90. The third kappa shape index (κ3) is 4.27. The first-order valence-electron chi connectivity index (χ1n) is 5.75. The van der Waals surface area contributed by atoms with Gasteiger partial charge in [0.05, 0.1) is 7.11 Å². The molecule has 0 saturated carbocycles. The van der Waals surface area contributed by atoms with Gasteiger partial charge in [-0.3, -0.25) is 9.59 Å². The van der Waals surface area contributed by atoms with Crippen molar-refractivity contribution in [1.29, 1.82) is 0 Å². The summed E-state index contributed by atoms with van der Waals surface area (Å²) in [6.45, 7) is 0.779. The number of phenolic OH excluding ortho intramolecular Hbond substituents is 1. The van der Waals surface area contributed by atoms with Gasteiger partial charge in [-0.05, 0) is 18.6 Å². The van der Waals surface area contributed by atoms with Crippen molar-refractivity contribution in [3.05, 3.63) is 29.3 Å². The van der Waals surface area contributed by atoms with E-state index >= 15 is 0 Å². The maximum atomic E-state index is 11.7. The van der Waals surface area contributed by atoms with Gasteiger partial charge in [0.25, 0.3) is 5.91 Å². The van der Waals surface area contributed by atoms with Crippen molar-refractivity contribution in [2.45, 2.75) is 6.92 Å². The first kappa shape index (κ1) is 15.5. The summed E-state index contributed by atoms with van der Waals surface area (Å²) in [6.07, 6.45) is 0. The van der Waals surface area contributed by atoms with Gasteiger partial charge in [-0.25, -0.2) is 4.79 Å². The molecule has 20 heavy (non-hydrogen) atoms. The molecule has 0 aliphatic carbocycles. The van der Waals surface area contributed by atoms with E-state index in [9.17, 15) is 19.5 Å².